The number of fused-ring (bicyclic) bond motifs is 4. The fourth-order valence-electron chi connectivity index (χ4n) is 4.41. The average molecular weight is 429 g/mol. The number of H-pyrrole nitrogens is 1. The van der Waals surface area contributed by atoms with Crippen LogP contribution in [-0.2, 0) is 10.2 Å². The van der Waals surface area contributed by atoms with Gasteiger partial charge in [-0.25, -0.2) is 0 Å². The number of hydrogen-bond acceptors (Lipinski definition) is 7. The van der Waals surface area contributed by atoms with Gasteiger partial charge in [0.05, 0.1) is 25.0 Å². The van der Waals surface area contributed by atoms with Crippen LogP contribution in [0.5, 0.6) is 17.4 Å². The zero-order valence-electron chi connectivity index (χ0n) is 17.4. The van der Waals surface area contributed by atoms with Gasteiger partial charge in [0.15, 0.2) is 11.5 Å². The number of amides is 1. The molecule has 0 radical (unpaired) electrons. The first kappa shape index (κ1) is 19.5. The van der Waals surface area contributed by atoms with Crippen molar-refractivity contribution < 1.29 is 19.0 Å². The number of nitrogens with zero attached hydrogens (tertiary/aromatic N) is 2. The molecule has 1 unspecified atom stereocenters. The van der Waals surface area contributed by atoms with Crippen LogP contribution in [0.3, 0.4) is 0 Å². The van der Waals surface area contributed by atoms with Crippen molar-refractivity contribution in [3.8, 4) is 34.7 Å². The molecule has 1 amide bonds. The highest BCUT2D eigenvalue weighted by Crippen LogP contribution is 2.55. The van der Waals surface area contributed by atoms with Crippen molar-refractivity contribution >= 4 is 11.6 Å². The maximum Gasteiger partial charge on any atom is 0.245 e. The van der Waals surface area contributed by atoms with Crippen LogP contribution in [0.4, 0.5) is 5.69 Å². The monoisotopic (exact) mass is 429 g/mol. The highest BCUT2D eigenvalue weighted by molar-refractivity contribution is 6.13. The maximum absolute atomic E-state index is 13.5. The molecule has 1 spiro atoms. The lowest BCUT2D eigenvalue weighted by atomic mass is 9.68. The number of nitrogens with two attached hydrogens (primary N) is 1. The van der Waals surface area contributed by atoms with Gasteiger partial charge in [-0.2, -0.15) is 5.26 Å². The van der Waals surface area contributed by atoms with Crippen molar-refractivity contribution in [3.05, 3.63) is 65.0 Å². The summed E-state index contributed by atoms with van der Waals surface area (Å²) in [4.78, 5) is 13.5. The first-order valence-electron chi connectivity index (χ1n) is 9.95. The number of aromatic nitrogens is 2. The minimum atomic E-state index is -1.50. The summed E-state index contributed by atoms with van der Waals surface area (Å²) < 4.78 is 16.8. The zero-order valence-corrected chi connectivity index (χ0v) is 17.4. The largest absolute Gasteiger partial charge is 0.493 e. The number of carbonyl (C=O) groups excluding carboxylic acids is 1. The van der Waals surface area contributed by atoms with Crippen molar-refractivity contribution in [3.63, 3.8) is 0 Å². The molecule has 0 saturated carbocycles. The molecule has 160 valence electrons. The molecular weight excluding hydrogens is 410 g/mol. The van der Waals surface area contributed by atoms with E-state index in [2.05, 4.69) is 21.6 Å². The molecule has 0 fully saturated rings. The van der Waals surface area contributed by atoms with E-state index >= 15 is 0 Å². The summed E-state index contributed by atoms with van der Waals surface area (Å²) in [5, 5.41) is 20.1. The van der Waals surface area contributed by atoms with Crippen molar-refractivity contribution in [1.82, 2.24) is 10.2 Å². The van der Waals surface area contributed by atoms with Crippen molar-refractivity contribution in [2.75, 3.05) is 19.0 Å². The molecular formula is C23H19N5O4. The van der Waals surface area contributed by atoms with Gasteiger partial charge in [-0.1, -0.05) is 18.2 Å². The van der Waals surface area contributed by atoms with E-state index in [0.29, 0.717) is 46.2 Å². The van der Waals surface area contributed by atoms with E-state index in [9.17, 15) is 10.1 Å². The van der Waals surface area contributed by atoms with Gasteiger partial charge in [-0.05, 0) is 31.2 Å². The standard InChI is InChI=1S/C23H19N5O4/c1-3-31-16-9-8-12(10-17(16)30-2)19-18-21(28-27-19)32-20(25)14(11-24)23(18)13-6-4-5-7-15(13)26-22(23)29/h4-10H,3,25H2,1-2H3,(H,26,29)(H,27,28). The molecule has 9 heteroatoms. The Morgan fingerprint density at radius 2 is 2.06 bits per heavy atom. The Morgan fingerprint density at radius 1 is 1.25 bits per heavy atom. The number of benzene rings is 2. The highest BCUT2D eigenvalue weighted by atomic mass is 16.5. The van der Waals surface area contributed by atoms with Crippen molar-refractivity contribution in [1.29, 1.82) is 5.26 Å². The first-order chi connectivity index (χ1) is 15.6. The Kier molecular flexibility index (Phi) is 4.30. The number of hydrogen-bond donors (Lipinski definition) is 3. The fourth-order valence-corrected chi connectivity index (χ4v) is 4.41. The SMILES string of the molecule is CCOc1ccc(-c2[nH]nc3c2C2(C(=O)Nc4ccccc42)C(C#N)=C(N)O3)cc1OC. The second kappa shape index (κ2) is 7.06. The van der Waals surface area contributed by atoms with Gasteiger partial charge in [0.1, 0.15) is 17.1 Å². The number of aromatic amines is 1. The molecule has 3 aromatic rings. The van der Waals surface area contributed by atoms with Crippen molar-refractivity contribution in [2.45, 2.75) is 12.3 Å². The Bertz CT molecular complexity index is 1340. The van der Waals surface area contributed by atoms with Crippen molar-refractivity contribution in [2.24, 2.45) is 5.73 Å². The van der Waals surface area contributed by atoms with Crippen LogP contribution < -0.4 is 25.3 Å². The molecule has 0 bridgehead atoms. The fraction of sp³-hybridized carbons (Fsp3) is 0.174. The van der Waals surface area contributed by atoms with E-state index in [-0.39, 0.29) is 17.3 Å². The van der Waals surface area contributed by atoms with Crippen LogP contribution in [0.25, 0.3) is 11.3 Å². The Hall–Kier alpha value is -4.45. The lowest BCUT2D eigenvalue weighted by molar-refractivity contribution is -0.118. The first-order valence-corrected chi connectivity index (χ1v) is 9.95. The summed E-state index contributed by atoms with van der Waals surface area (Å²) in [6, 6.07) is 14.7. The number of carbonyl (C=O) groups is 1. The van der Waals surface area contributed by atoms with E-state index < -0.39 is 11.3 Å². The summed E-state index contributed by atoms with van der Waals surface area (Å²) in [6.07, 6.45) is 0. The molecule has 0 saturated heterocycles. The highest BCUT2D eigenvalue weighted by Gasteiger charge is 2.58. The van der Waals surface area contributed by atoms with E-state index in [1.165, 1.54) is 0 Å². The molecule has 32 heavy (non-hydrogen) atoms. The van der Waals surface area contributed by atoms with Crippen LogP contribution in [0.15, 0.2) is 53.9 Å². The summed E-state index contributed by atoms with van der Waals surface area (Å²) >= 11 is 0. The summed E-state index contributed by atoms with van der Waals surface area (Å²) in [5.41, 5.74) is 7.40. The van der Waals surface area contributed by atoms with Gasteiger partial charge >= 0.3 is 0 Å². The Labute approximate surface area is 183 Å². The predicted molar refractivity (Wildman–Crippen MR) is 115 cm³/mol. The van der Waals surface area contributed by atoms with Gasteiger partial charge in [0, 0.05) is 16.8 Å². The van der Waals surface area contributed by atoms with Crippen LogP contribution in [-0.4, -0.2) is 29.8 Å². The molecule has 2 aromatic carbocycles. The Morgan fingerprint density at radius 3 is 2.81 bits per heavy atom. The third-order valence-corrected chi connectivity index (χ3v) is 5.72. The topological polar surface area (TPSA) is 135 Å². The molecule has 1 atom stereocenters. The molecule has 5 rings (SSSR count). The van der Waals surface area contributed by atoms with E-state index in [0.717, 1.165) is 0 Å². The quantitative estimate of drug-likeness (QED) is 0.580. The number of nitriles is 1. The molecule has 0 aliphatic carbocycles. The predicted octanol–water partition coefficient (Wildman–Crippen LogP) is 2.81. The normalized spacial score (nSPS) is 18.5. The minimum absolute atomic E-state index is 0.00741. The van der Waals surface area contributed by atoms with E-state index in [1.54, 1.807) is 37.4 Å². The lowest BCUT2D eigenvalue weighted by Crippen LogP contribution is -2.42. The molecule has 2 aliphatic heterocycles. The van der Waals surface area contributed by atoms with Gasteiger partial charge in [0.2, 0.25) is 17.7 Å². The molecule has 2 aliphatic rings. The smallest absolute Gasteiger partial charge is 0.245 e. The van der Waals surface area contributed by atoms with Gasteiger partial charge < -0.3 is 25.3 Å². The number of nitrogens with one attached hydrogen (secondary N) is 2. The van der Waals surface area contributed by atoms with Crippen LogP contribution >= 0.6 is 0 Å². The summed E-state index contributed by atoms with van der Waals surface area (Å²) in [5.74, 6) is 0.683. The minimum Gasteiger partial charge on any atom is -0.493 e. The number of para-hydroxylation sites is 1. The molecule has 1 aromatic heterocycles. The number of rotatable bonds is 4. The zero-order chi connectivity index (χ0) is 22.5. The second-order valence-corrected chi connectivity index (χ2v) is 7.28. The van der Waals surface area contributed by atoms with Gasteiger partial charge in [-0.15, -0.1) is 5.10 Å². The average Bonchev–Trinajstić information content (AvgIpc) is 3.34. The third kappa shape index (κ3) is 2.43. The third-order valence-electron chi connectivity index (χ3n) is 5.72. The second-order valence-electron chi connectivity index (χ2n) is 7.28. The van der Waals surface area contributed by atoms with Crippen LogP contribution in [0.1, 0.15) is 18.1 Å². The number of methoxy groups -OCH3 is 1. The number of ether oxygens (including phenoxy) is 3. The lowest BCUT2D eigenvalue weighted by Gasteiger charge is -2.31. The van der Waals surface area contributed by atoms with Crippen LogP contribution in [0, 0.1) is 11.3 Å². The Balaban J connectivity index is 1.81. The van der Waals surface area contributed by atoms with E-state index in [4.69, 9.17) is 19.9 Å². The summed E-state index contributed by atoms with van der Waals surface area (Å²) in [6.45, 7) is 2.37. The molecule has 4 N–H and O–H groups in total. The molecule has 3 heterocycles. The number of anilines is 1. The van der Waals surface area contributed by atoms with Gasteiger partial charge in [-0.3, -0.25) is 9.89 Å². The van der Waals surface area contributed by atoms with Gasteiger partial charge in [0.25, 0.3) is 0 Å². The molecule has 9 nitrogen and oxygen atoms in total. The summed E-state index contributed by atoms with van der Waals surface area (Å²) in [7, 11) is 1.55. The van der Waals surface area contributed by atoms with Crippen LogP contribution in [0.2, 0.25) is 0 Å². The maximum atomic E-state index is 13.5. The van der Waals surface area contributed by atoms with E-state index in [1.807, 2.05) is 19.1 Å².